The van der Waals surface area contributed by atoms with E-state index in [0.29, 0.717) is 37.1 Å². The molecule has 1 saturated heterocycles. The SMILES string of the molecule is CC(Nc1ncccc1Cl)C(=O)N1CCOCC1. The number of anilines is 1. The van der Waals surface area contributed by atoms with E-state index in [9.17, 15) is 4.79 Å². The first-order valence-corrected chi connectivity index (χ1v) is 6.30. The van der Waals surface area contributed by atoms with Crippen LogP contribution in [0.15, 0.2) is 18.3 Å². The number of rotatable bonds is 3. The molecule has 0 radical (unpaired) electrons. The Morgan fingerprint density at radius 3 is 2.94 bits per heavy atom. The maximum atomic E-state index is 12.2. The summed E-state index contributed by atoms with van der Waals surface area (Å²) in [7, 11) is 0. The van der Waals surface area contributed by atoms with Gasteiger partial charge < -0.3 is 15.0 Å². The third-order valence-corrected chi connectivity index (χ3v) is 3.11. The number of halogens is 1. The minimum absolute atomic E-state index is 0.0417. The van der Waals surface area contributed by atoms with E-state index < -0.39 is 0 Å². The number of aromatic nitrogens is 1. The van der Waals surface area contributed by atoms with Crippen LogP contribution in [0.25, 0.3) is 0 Å². The van der Waals surface area contributed by atoms with Crippen molar-refractivity contribution >= 4 is 23.3 Å². The van der Waals surface area contributed by atoms with Gasteiger partial charge in [-0.1, -0.05) is 11.6 Å². The molecule has 0 saturated carbocycles. The molecular weight excluding hydrogens is 254 g/mol. The first kappa shape index (κ1) is 13.1. The van der Waals surface area contributed by atoms with Gasteiger partial charge >= 0.3 is 0 Å². The second kappa shape index (κ2) is 6.02. The van der Waals surface area contributed by atoms with Crippen LogP contribution in [-0.4, -0.2) is 48.1 Å². The van der Waals surface area contributed by atoms with Gasteiger partial charge in [0.15, 0.2) is 0 Å². The van der Waals surface area contributed by atoms with E-state index in [1.165, 1.54) is 0 Å². The molecule has 1 amide bonds. The Balaban J connectivity index is 1.96. The lowest BCUT2D eigenvalue weighted by Crippen LogP contribution is -2.47. The molecule has 98 valence electrons. The largest absolute Gasteiger partial charge is 0.378 e. The molecule has 1 fully saturated rings. The quantitative estimate of drug-likeness (QED) is 0.901. The fraction of sp³-hybridized carbons (Fsp3) is 0.500. The Morgan fingerprint density at radius 2 is 2.28 bits per heavy atom. The Labute approximate surface area is 111 Å². The zero-order valence-electron chi connectivity index (χ0n) is 10.2. The van der Waals surface area contributed by atoms with Gasteiger partial charge in [0, 0.05) is 19.3 Å². The molecule has 0 aliphatic carbocycles. The van der Waals surface area contributed by atoms with Gasteiger partial charge in [-0.25, -0.2) is 4.98 Å². The van der Waals surface area contributed by atoms with Crippen molar-refractivity contribution in [2.24, 2.45) is 0 Å². The molecule has 18 heavy (non-hydrogen) atoms. The monoisotopic (exact) mass is 269 g/mol. The lowest BCUT2D eigenvalue weighted by atomic mass is 10.2. The zero-order valence-corrected chi connectivity index (χ0v) is 11.0. The van der Waals surface area contributed by atoms with Crippen LogP contribution in [0.5, 0.6) is 0 Å². The number of morpholine rings is 1. The molecule has 6 heteroatoms. The average molecular weight is 270 g/mol. The molecule has 2 rings (SSSR count). The van der Waals surface area contributed by atoms with Gasteiger partial charge in [0.25, 0.3) is 0 Å². The molecular formula is C12H16ClN3O2. The number of pyridine rings is 1. The van der Waals surface area contributed by atoms with Crippen LogP contribution >= 0.6 is 11.6 Å². The molecule has 1 atom stereocenters. The number of hydrogen-bond acceptors (Lipinski definition) is 4. The van der Waals surface area contributed by atoms with Crippen LogP contribution < -0.4 is 5.32 Å². The summed E-state index contributed by atoms with van der Waals surface area (Å²) in [5, 5.41) is 3.55. The smallest absolute Gasteiger partial charge is 0.244 e. The van der Waals surface area contributed by atoms with E-state index in [1.807, 2.05) is 6.92 Å². The summed E-state index contributed by atoms with van der Waals surface area (Å²) in [6, 6.07) is 3.14. The number of carbonyl (C=O) groups excluding carboxylic acids is 1. The predicted molar refractivity (Wildman–Crippen MR) is 69.7 cm³/mol. The van der Waals surface area contributed by atoms with Gasteiger partial charge in [-0.2, -0.15) is 0 Å². The summed E-state index contributed by atoms with van der Waals surface area (Å²) in [6.45, 7) is 4.29. The van der Waals surface area contributed by atoms with Gasteiger partial charge in [0.05, 0.1) is 18.2 Å². The van der Waals surface area contributed by atoms with Crippen molar-refractivity contribution in [3.8, 4) is 0 Å². The maximum absolute atomic E-state index is 12.2. The number of carbonyl (C=O) groups is 1. The summed E-state index contributed by atoms with van der Waals surface area (Å²) < 4.78 is 5.22. The highest BCUT2D eigenvalue weighted by Gasteiger charge is 2.22. The molecule has 1 N–H and O–H groups in total. The standard InChI is InChI=1S/C12H16ClN3O2/c1-9(12(17)16-5-7-18-8-6-16)15-11-10(13)3-2-4-14-11/h2-4,9H,5-8H2,1H3,(H,14,15). The normalized spacial score (nSPS) is 17.3. The third-order valence-electron chi connectivity index (χ3n) is 2.80. The minimum atomic E-state index is -0.351. The third kappa shape index (κ3) is 3.11. The van der Waals surface area contributed by atoms with E-state index in [4.69, 9.17) is 16.3 Å². The highest BCUT2D eigenvalue weighted by molar-refractivity contribution is 6.32. The fourth-order valence-electron chi connectivity index (χ4n) is 1.82. The van der Waals surface area contributed by atoms with Crippen LogP contribution in [-0.2, 0) is 9.53 Å². The molecule has 0 aromatic carbocycles. The van der Waals surface area contributed by atoms with Gasteiger partial charge in [0.2, 0.25) is 5.91 Å². The Hall–Kier alpha value is -1.33. The molecule has 5 nitrogen and oxygen atoms in total. The molecule has 1 aromatic heterocycles. The van der Waals surface area contributed by atoms with Gasteiger partial charge in [0.1, 0.15) is 11.9 Å². The molecule has 0 bridgehead atoms. The first-order valence-electron chi connectivity index (χ1n) is 5.92. The molecule has 1 aromatic rings. The van der Waals surface area contributed by atoms with E-state index in [-0.39, 0.29) is 11.9 Å². The highest BCUT2D eigenvalue weighted by atomic mass is 35.5. The Kier molecular flexibility index (Phi) is 4.38. The van der Waals surface area contributed by atoms with E-state index >= 15 is 0 Å². The van der Waals surface area contributed by atoms with Gasteiger partial charge in [-0.3, -0.25) is 4.79 Å². The Morgan fingerprint density at radius 1 is 1.56 bits per heavy atom. The summed E-state index contributed by atoms with van der Waals surface area (Å²) in [6.07, 6.45) is 1.64. The number of nitrogens with zero attached hydrogens (tertiary/aromatic N) is 2. The van der Waals surface area contributed by atoms with Crippen molar-refractivity contribution in [3.05, 3.63) is 23.4 Å². The van der Waals surface area contributed by atoms with Crippen LogP contribution in [0.3, 0.4) is 0 Å². The van der Waals surface area contributed by atoms with Crippen LogP contribution in [0.2, 0.25) is 5.02 Å². The second-order valence-corrected chi connectivity index (χ2v) is 4.54. The summed E-state index contributed by atoms with van der Waals surface area (Å²) in [5.74, 6) is 0.577. The molecule has 1 unspecified atom stereocenters. The van der Waals surface area contributed by atoms with E-state index in [2.05, 4.69) is 10.3 Å². The Bertz CT molecular complexity index is 422. The van der Waals surface area contributed by atoms with E-state index in [0.717, 1.165) is 0 Å². The summed E-state index contributed by atoms with van der Waals surface area (Å²) >= 11 is 5.99. The van der Waals surface area contributed by atoms with Crippen molar-refractivity contribution in [2.45, 2.75) is 13.0 Å². The second-order valence-electron chi connectivity index (χ2n) is 4.14. The fourth-order valence-corrected chi connectivity index (χ4v) is 1.99. The predicted octanol–water partition coefficient (Wildman–Crippen LogP) is 1.39. The molecule has 0 spiro atoms. The maximum Gasteiger partial charge on any atom is 0.244 e. The van der Waals surface area contributed by atoms with Crippen molar-refractivity contribution in [2.75, 3.05) is 31.6 Å². The van der Waals surface area contributed by atoms with Crippen molar-refractivity contribution in [1.29, 1.82) is 0 Å². The van der Waals surface area contributed by atoms with Crippen LogP contribution in [0, 0.1) is 0 Å². The topological polar surface area (TPSA) is 54.5 Å². The lowest BCUT2D eigenvalue weighted by molar-refractivity contribution is -0.135. The first-order chi connectivity index (χ1) is 8.68. The minimum Gasteiger partial charge on any atom is -0.378 e. The zero-order chi connectivity index (χ0) is 13.0. The van der Waals surface area contributed by atoms with Crippen molar-refractivity contribution in [1.82, 2.24) is 9.88 Å². The van der Waals surface area contributed by atoms with Crippen molar-refractivity contribution < 1.29 is 9.53 Å². The number of ether oxygens (including phenoxy) is 1. The van der Waals surface area contributed by atoms with Crippen LogP contribution in [0.4, 0.5) is 5.82 Å². The highest BCUT2D eigenvalue weighted by Crippen LogP contribution is 2.18. The van der Waals surface area contributed by atoms with E-state index in [1.54, 1.807) is 23.2 Å². The number of amides is 1. The lowest BCUT2D eigenvalue weighted by Gasteiger charge is -2.29. The molecule has 1 aliphatic rings. The summed E-state index contributed by atoms with van der Waals surface area (Å²) in [4.78, 5) is 18.0. The molecule has 1 aliphatic heterocycles. The number of nitrogens with one attached hydrogen (secondary N) is 1. The number of hydrogen-bond donors (Lipinski definition) is 1. The molecule has 2 heterocycles. The van der Waals surface area contributed by atoms with Crippen LogP contribution in [0.1, 0.15) is 6.92 Å². The van der Waals surface area contributed by atoms with Gasteiger partial charge in [-0.15, -0.1) is 0 Å². The average Bonchev–Trinajstić information content (AvgIpc) is 2.41. The van der Waals surface area contributed by atoms with Crippen molar-refractivity contribution in [3.63, 3.8) is 0 Å². The summed E-state index contributed by atoms with van der Waals surface area (Å²) in [5.41, 5.74) is 0. The van der Waals surface area contributed by atoms with Gasteiger partial charge in [-0.05, 0) is 19.1 Å².